The van der Waals surface area contributed by atoms with Gasteiger partial charge in [0.1, 0.15) is 4.75 Å². The Hall–Kier alpha value is -0.870. The van der Waals surface area contributed by atoms with Crippen LogP contribution in [0.5, 0.6) is 0 Å². The molecular formula is C20H34O3S. The van der Waals surface area contributed by atoms with Crippen molar-refractivity contribution in [3.05, 3.63) is 35.9 Å². The van der Waals surface area contributed by atoms with Crippen LogP contribution < -0.4 is 0 Å². The van der Waals surface area contributed by atoms with Gasteiger partial charge in [-0.15, -0.1) is 0 Å². The number of hydrogen-bond donors (Lipinski definition) is 1. The molecule has 1 aromatic carbocycles. The lowest BCUT2D eigenvalue weighted by Gasteiger charge is -2.26. The average Bonchev–Trinajstić information content (AvgIpc) is 2.56. The highest BCUT2D eigenvalue weighted by Crippen LogP contribution is 2.34. The molecule has 1 unspecified atom stereocenters. The smallest absolute Gasteiger partial charge is 0.274 e. The molecule has 0 aliphatic rings. The molecular weight excluding hydrogens is 320 g/mol. The molecule has 0 saturated heterocycles. The summed E-state index contributed by atoms with van der Waals surface area (Å²) in [6.45, 7) is 3.86. The first-order chi connectivity index (χ1) is 11.4. The summed E-state index contributed by atoms with van der Waals surface area (Å²) >= 11 is 0. The fourth-order valence-corrected chi connectivity index (χ4v) is 4.00. The maximum absolute atomic E-state index is 11.9. The van der Waals surface area contributed by atoms with Gasteiger partial charge in [-0.25, -0.2) is 0 Å². The highest BCUT2D eigenvalue weighted by atomic mass is 32.2. The Morgan fingerprint density at radius 1 is 0.833 bits per heavy atom. The molecule has 0 heterocycles. The lowest BCUT2D eigenvalue weighted by atomic mass is 9.93. The third-order valence-electron chi connectivity index (χ3n) is 4.96. The summed E-state index contributed by atoms with van der Waals surface area (Å²) in [5.74, 6) is 0. The van der Waals surface area contributed by atoms with Gasteiger partial charge in [0.2, 0.25) is 0 Å². The van der Waals surface area contributed by atoms with Gasteiger partial charge in [-0.3, -0.25) is 4.55 Å². The monoisotopic (exact) mass is 354 g/mol. The maximum atomic E-state index is 11.9. The predicted octanol–water partition coefficient (Wildman–Crippen LogP) is 6.10. The van der Waals surface area contributed by atoms with Crippen molar-refractivity contribution in [2.45, 2.75) is 89.2 Å². The predicted molar refractivity (Wildman–Crippen MR) is 102 cm³/mol. The van der Waals surface area contributed by atoms with Gasteiger partial charge in [-0.05, 0) is 18.9 Å². The summed E-state index contributed by atoms with van der Waals surface area (Å²) in [6, 6.07) is 9.05. The Labute approximate surface area is 148 Å². The van der Waals surface area contributed by atoms with E-state index in [2.05, 4.69) is 6.92 Å². The van der Waals surface area contributed by atoms with Crippen molar-refractivity contribution in [2.75, 3.05) is 0 Å². The van der Waals surface area contributed by atoms with E-state index in [0.717, 1.165) is 19.3 Å². The molecule has 138 valence electrons. The zero-order valence-electron chi connectivity index (χ0n) is 15.3. The van der Waals surface area contributed by atoms with Crippen LogP contribution in [-0.4, -0.2) is 13.0 Å². The Balaban J connectivity index is 2.33. The first kappa shape index (κ1) is 21.2. The van der Waals surface area contributed by atoms with Crippen LogP contribution in [0.2, 0.25) is 0 Å². The summed E-state index contributed by atoms with van der Waals surface area (Å²) in [7, 11) is -4.13. The van der Waals surface area contributed by atoms with Crippen LogP contribution in [0.3, 0.4) is 0 Å². The van der Waals surface area contributed by atoms with Crippen molar-refractivity contribution in [1.29, 1.82) is 0 Å². The fraction of sp³-hybridized carbons (Fsp3) is 0.700. The van der Waals surface area contributed by atoms with E-state index in [-0.39, 0.29) is 0 Å². The SMILES string of the molecule is CCCCCCCCCCCCC(C)(c1ccccc1)S(=O)(=O)O. The molecule has 0 amide bonds. The van der Waals surface area contributed by atoms with Crippen LogP contribution in [0, 0.1) is 0 Å². The molecule has 1 rings (SSSR count). The lowest BCUT2D eigenvalue weighted by molar-refractivity contribution is 0.414. The molecule has 3 nitrogen and oxygen atoms in total. The third kappa shape index (κ3) is 6.94. The summed E-state index contributed by atoms with van der Waals surface area (Å²) in [5, 5.41) is 0. The van der Waals surface area contributed by atoms with E-state index in [4.69, 9.17) is 0 Å². The second-order valence-electron chi connectivity index (χ2n) is 7.00. The summed E-state index contributed by atoms with van der Waals surface area (Å²) in [4.78, 5) is 0. The Bertz CT molecular complexity index is 539. The van der Waals surface area contributed by atoms with E-state index in [1.165, 1.54) is 44.9 Å². The van der Waals surface area contributed by atoms with Gasteiger partial charge in [0, 0.05) is 0 Å². The van der Waals surface area contributed by atoms with Gasteiger partial charge in [0.15, 0.2) is 0 Å². The quantitative estimate of drug-likeness (QED) is 0.344. The van der Waals surface area contributed by atoms with Crippen molar-refractivity contribution in [1.82, 2.24) is 0 Å². The van der Waals surface area contributed by atoms with Gasteiger partial charge in [0.05, 0.1) is 0 Å². The second-order valence-corrected chi connectivity index (χ2v) is 8.86. The molecule has 24 heavy (non-hydrogen) atoms. The summed E-state index contributed by atoms with van der Waals surface area (Å²) in [5.41, 5.74) is 0.670. The summed E-state index contributed by atoms with van der Waals surface area (Å²) in [6.07, 6.45) is 12.6. The minimum Gasteiger partial charge on any atom is -0.285 e. The van der Waals surface area contributed by atoms with Crippen molar-refractivity contribution < 1.29 is 13.0 Å². The number of benzene rings is 1. The molecule has 0 radical (unpaired) electrons. The van der Waals surface area contributed by atoms with E-state index in [9.17, 15) is 13.0 Å². The fourth-order valence-electron chi connectivity index (χ4n) is 3.16. The summed E-state index contributed by atoms with van der Waals surface area (Å²) < 4.78 is 32.3. The molecule has 0 aliphatic heterocycles. The van der Waals surface area contributed by atoms with Crippen LogP contribution in [-0.2, 0) is 14.9 Å². The van der Waals surface area contributed by atoms with Gasteiger partial charge >= 0.3 is 0 Å². The first-order valence-electron chi connectivity index (χ1n) is 9.44. The molecule has 0 fully saturated rings. The van der Waals surface area contributed by atoms with Gasteiger partial charge in [0.25, 0.3) is 10.1 Å². The molecule has 0 spiro atoms. The van der Waals surface area contributed by atoms with Gasteiger partial charge in [-0.1, -0.05) is 101 Å². The van der Waals surface area contributed by atoms with E-state index in [1.54, 1.807) is 19.1 Å². The van der Waals surface area contributed by atoms with Gasteiger partial charge < -0.3 is 0 Å². The van der Waals surface area contributed by atoms with Crippen LogP contribution >= 0.6 is 0 Å². The van der Waals surface area contributed by atoms with E-state index >= 15 is 0 Å². The molecule has 0 aliphatic carbocycles. The van der Waals surface area contributed by atoms with Crippen molar-refractivity contribution in [3.8, 4) is 0 Å². The minimum atomic E-state index is -4.13. The van der Waals surface area contributed by atoms with E-state index in [1.807, 2.05) is 18.2 Å². The van der Waals surface area contributed by atoms with Gasteiger partial charge in [-0.2, -0.15) is 8.42 Å². The Morgan fingerprint density at radius 2 is 1.29 bits per heavy atom. The molecule has 0 saturated carbocycles. The number of rotatable bonds is 13. The molecule has 1 N–H and O–H groups in total. The zero-order chi connectivity index (χ0) is 17.9. The Morgan fingerprint density at radius 3 is 1.75 bits per heavy atom. The molecule has 0 aromatic heterocycles. The number of hydrogen-bond acceptors (Lipinski definition) is 2. The molecule has 1 atom stereocenters. The highest BCUT2D eigenvalue weighted by Gasteiger charge is 2.38. The third-order valence-corrected chi connectivity index (χ3v) is 6.54. The molecule has 1 aromatic rings. The van der Waals surface area contributed by atoms with Crippen molar-refractivity contribution in [2.24, 2.45) is 0 Å². The van der Waals surface area contributed by atoms with Crippen LogP contribution in [0.15, 0.2) is 30.3 Å². The highest BCUT2D eigenvalue weighted by molar-refractivity contribution is 7.86. The minimum absolute atomic E-state index is 0.465. The van der Waals surface area contributed by atoms with Crippen molar-refractivity contribution >= 4 is 10.1 Å². The Kier molecular flexibility index (Phi) is 9.60. The normalized spacial score (nSPS) is 14.5. The standard InChI is InChI=1S/C20H34O3S/c1-3-4-5-6-7-8-9-10-11-15-18-20(2,24(21,22)23)19-16-13-12-14-17-19/h12-14,16-17H,3-11,15,18H2,1-2H3,(H,21,22,23). The topological polar surface area (TPSA) is 54.4 Å². The first-order valence-corrected chi connectivity index (χ1v) is 10.9. The maximum Gasteiger partial charge on any atom is 0.274 e. The zero-order valence-corrected chi connectivity index (χ0v) is 16.2. The number of unbranched alkanes of at least 4 members (excludes halogenated alkanes) is 9. The largest absolute Gasteiger partial charge is 0.285 e. The van der Waals surface area contributed by atoms with Crippen LogP contribution in [0.4, 0.5) is 0 Å². The van der Waals surface area contributed by atoms with Crippen molar-refractivity contribution in [3.63, 3.8) is 0 Å². The lowest BCUT2D eigenvalue weighted by Crippen LogP contribution is -2.32. The van der Waals surface area contributed by atoms with E-state index in [0.29, 0.717) is 12.0 Å². The second kappa shape index (κ2) is 10.9. The average molecular weight is 355 g/mol. The van der Waals surface area contributed by atoms with E-state index < -0.39 is 14.9 Å². The van der Waals surface area contributed by atoms with Crippen LogP contribution in [0.1, 0.15) is 90.0 Å². The molecule has 0 bridgehead atoms. The van der Waals surface area contributed by atoms with Crippen LogP contribution in [0.25, 0.3) is 0 Å². The molecule has 4 heteroatoms.